The highest BCUT2D eigenvalue weighted by Gasteiger charge is 2.21. The van der Waals surface area contributed by atoms with E-state index in [4.69, 9.17) is 4.98 Å². The standard InChI is InChI=1S/C21H20N6OS2/c1-3-12-11(2)29-19-16(12)18-24-15(25-27(18)10-23-19)8-26-9-22-20-17(21(26)28)13-6-4-5-7-14(13)30-20/h9-10H,3-8H2,1-2H3. The van der Waals surface area contributed by atoms with Crippen LogP contribution in [0.4, 0.5) is 0 Å². The molecule has 0 bridgehead atoms. The zero-order valence-electron chi connectivity index (χ0n) is 16.8. The predicted octanol–water partition coefficient (Wildman–Crippen LogP) is 3.91. The van der Waals surface area contributed by atoms with Crippen molar-refractivity contribution >= 4 is 48.8 Å². The number of rotatable bonds is 3. The topological polar surface area (TPSA) is 78.0 Å². The molecule has 0 saturated carbocycles. The summed E-state index contributed by atoms with van der Waals surface area (Å²) < 4.78 is 3.37. The van der Waals surface area contributed by atoms with Crippen molar-refractivity contribution in [3.8, 4) is 0 Å². The van der Waals surface area contributed by atoms with Gasteiger partial charge in [-0.15, -0.1) is 27.8 Å². The second-order valence-electron chi connectivity index (χ2n) is 7.78. The van der Waals surface area contributed by atoms with Crippen LogP contribution in [0.5, 0.6) is 0 Å². The van der Waals surface area contributed by atoms with Crippen molar-refractivity contribution in [2.45, 2.75) is 52.5 Å². The molecule has 6 rings (SSSR count). The van der Waals surface area contributed by atoms with Gasteiger partial charge in [-0.25, -0.2) is 19.5 Å². The van der Waals surface area contributed by atoms with Gasteiger partial charge in [0.2, 0.25) is 0 Å². The van der Waals surface area contributed by atoms with E-state index >= 15 is 0 Å². The second-order valence-corrected chi connectivity index (χ2v) is 10.1. The molecule has 0 amide bonds. The zero-order chi connectivity index (χ0) is 20.4. The lowest BCUT2D eigenvalue weighted by Crippen LogP contribution is -2.22. The minimum atomic E-state index is 0.0159. The normalized spacial score (nSPS) is 14.2. The third-order valence-electron chi connectivity index (χ3n) is 5.98. The van der Waals surface area contributed by atoms with Crippen LogP contribution in [-0.2, 0) is 25.8 Å². The number of hydrogen-bond acceptors (Lipinski definition) is 7. The molecule has 0 N–H and O–H groups in total. The number of hydrogen-bond donors (Lipinski definition) is 0. The maximum atomic E-state index is 13.3. The second kappa shape index (κ2) is 6.68. The lowest BCUT2D eigenvalue weighted by atomic mass is 9.97. The molecule has 0 atom stereocenters. The summed E-state index contributed by atoms with van der Waals surface area (Å²) in [5, 5.41) is 6.48. The van der Waals surface area contributed by atoms with Crippen LogP contribution < -0.4 is 5.56 Å². The van der Waals surface area contributed by atoms with Gasteiger partial charge < -0.3 is 0 Å². The Kier molecular flexibility index (Phi) is 4.04. The number of aromatic nitrogens is 6. The number of nitrogens with zero attached hydrogens (tertiary/aromatic N) is 6. The van der Waals surface area contributed by atoms with E-state index in [1.165, 1.54) is 27.3 Å². The van der Waals surface area contributed by atoms with Crippen LogP contribution in [0.3, 0.4) is 0 Å². The molecule has 0 spiro atoms. The summed E-state index contributed by atoms with van der Waals surface area (Å²) in [5.41, 5.74) is 3.31. The van der Waals surface area contributed by atoms with Gasteiger partial charge in [0.05, 0.1) is 23.6 Å². The Balaban J connectivity index is 1.47. The van der Waals surface area contributed by atoms with Crippen molar-refractivity contribution in [3.05, 3.63) is 49.7 Å². The molecule has 5 aromatic heterocycles. The van der Waals surface area contributed by atoms with E-state index in [1.807, 2.05) is 0 Å². The molecule has 0 unspecified atom stereocenters. The third-order valence-corrected chi connectivity index (χ3v) is 8.24. The molecule has 0 aromatic carbocycles. The smallest absolute Gasteiger partial charge is 0.262 e. The summed E-state index contributed by atoms with van der Waals surface area (Å²) in [6.07, 6.45) is 8.66. The molecule has 0 saturated heterocycles. The van der Waals surface area contributed by atoms with Crippen LogP contribution in [0, 0.1) is 6.92 Å². The molecular weight excluding hydrogens is 416 g/mol. The lowest BCUT2D eigenvalue weighted by Gasteiger charge is -2.10. The Morgan fingerprint density at radius 2 is 1.87 bits per heavy atom. The quantitative estimate of drug-likeness (QED) is 0.429. The summed E-state index contributed by atoms with van der Waals surface area (Å²) in [5.74, 6) is 0.600. The monoisotopic (exact) mass is 436 g/mol. The maximum absolute atomic E-state index is 13.3. The average Bonchev–Trinajstić information content (AvgIpc) is 3.41. The first-order chi connectivity index (χ1) is 14.6. The molecule has 5 heterocycles. The van der Waals surface area contributed by atoms with E-state index in [2.05, 4.69) is 28.9 Å². The minimum Gasteiger partial charge on any atom is -0.291 e. The number of aryl methyl sites for hydroxylation is 4. The number of thiophene rings is 2. The van der Waals surface area contributed by atoms with Crippen LogP contribution in [0.25, 0.3) is 26.1 Å². The average molecular weight is 437 g/mol. The van der Waals surface area contributed by atoms with Gasteiger partial charge in [-0.05, 0) is 50.2 Å². The molecule has 0 aliphatic heterocycles. The highest BCUT2D eigenvalue weighted by atomic mass is 32.1. The van der Waals surface area contributed by atoms with Crippen LogP contribution in [-0.4, -0.2) is 29.1 Å². The van der Waals surface area contributed by atoms with Gasteiger partial charge >= 0.3 is 0 Å². The van der Waals surface area contributed by atoms with Gasteiger partial charge in [0.25, 0.3) is 5.56 Å². The molecule has 0 radical (unpaired) electrons. The summed E-state index contributed by atoms with van der Waals surface area (Å²) in [6.45, 7) is 4.58. The highest BCUT2D eigenvalue weighted by Crippen LogP contribution is 2.34. The fourth-order valence-corrected chi connectivity index (χ4v) is 6.84. The first-order valence-electron chi connectivity index (χ1n) is 10.3. The molecule has 5 aromatic rings. The summed E-state index contributed by atoms with van der Waals surface area (Å²) in [7, 11) is 0. The van der Waals surface area contributed by atoms with Crippen molar-refractivity contribution in [2.75, 3.05) is 0 Å². The van der Waals surface area contributed by atoms with E-state index in [1.54, 1.807) is 44.4 Å². The Labute approximate surface area is 180 Å². The third kappa shape index (κ3) is 2.58. The van der Waals surface area contributed by atoms with E-state index in [9.17, 15) is 4.79 Å². The zero-order valence-corrected chi connectivity index (χ0v) is 18.4. The fraction of sp³-hybridized carbons (Fsp3) is 0.381. The van der Waals surface area contributed by atoms with Crippen molar-refractivity contribution in [1.29, 1.82) is 0 Å². The summed E-state index contributed by atoms with van der Waals surface area (Å²) in [4.78, 5) is 31.6. The van der Waals surface area contributed by atoms with E-state index in [-0.39, 0.29) is 5.56 Å². The van der Waals surface area contributed by atoms with Crippen LogP contribution in [0.15, 0.2) is 17.4 Å². The first kappa shape index (κ1) is 18.1. The molecule has 7 nitrogen and oxygen atoms in total. The largest absolute Gasteiger partial charge is 0.291 e. The summed E-state index contributed by atoms with van der Waals surface area (Å²) in [6, 6.07) is 0. The van der Waals surface area contributed by atoms with Gasteiger partial charge in [0.15, 0.2) is 11.5 Å². The van der Waals surface area contributed by atoms with Crippen LogP contribution >= 0.6 is 22.7 Å². The van der Waals surface area contributed by atoms with Gasteiger partial charge in [0, 0.05) is 9.75 Å². The summed E-state index contributed by atoms with van der Waals surface area (Å²) >= 11 is 3.37. The van der Waals surface area contributed by atoms with E-state index < -0.39 is 0 Å². The van der Waals surface area contributed by atoms with Crippen LogP contribution in [0.1, 0.15) is 46.5 Å². The Bertz CT molecular complexity index is 1510. The first-order valence-corrected chi connectivity index (χ1v) is 11.9. The highest BCUT2D eigenvalue weighted by molar-refractivity contribution is 7.19. The van der Waals surface area contributed by atoms with Gasteiger partial charge in [-0.3, -0.25) is 9.36 Å². The van der Waals surface area contributed by atoms with Gasteiger partial charge in [0.1, 0.15) is 16.0 Å². The predicted molar refractivity (Wildman–Crippen MR) is 120 cm³/mol. The lowest BCUT2D eigenvalue weighted by molar-refractivity contribution is 0.690. The Hall–Kier alpha value is -2.65. The molecule has 0 fully saturated rings. The Morgan fingerprint density at radius 1 is 1.07 bits per heavy atom. The molecule has 152 valence electrons. The maximum Gasteiger partial charge on any atom is 0.262 e. The molecule has 9 heteroatoms. The molecular formula is C21H20N6OS2. The van der Waals surface area contributed by atoms with Gasteiger partial charge in [-0.2, -0.15) is 0 Å². The molecule has 1 aliphatic rings. The minimum absolute atomic E-state index is 0.0159. The van der Waals surface area contributed by atoms with Crippen molar-refractivity contribution in [3.63, 3.8) is 0 Å². The number of fused-ring (bicyclic) bond motifs is 6. The SMILES string of the molecule is CCc1c(C)sc2ncn3nc(Cn4cnc5sc6c(c5c4=O)CCCC6)nc3c12. The fourth-order valence-electron chi connectivity index (χ4n) is 4.55. The molecule has 30 heavy (non-hydrogen) atoms. The van der Waals surface area contributed by atoms with E-state index in [0.717, 1.165) is 51.8 Å². The van der Waals surface area contributed by atoms with Gasteiger partial charge in [-0.1, -0.05) is 6.92 Å². The van der Waals surface area contributed by atoms with E-state index in [0.29, 0.717) is 12.4 Å². The van der Waals surface area contributed by atoms with Crippen molar-refractivity contribution < 1.29 is 0 Å². The molecule has 1 aliphatic carbocycles. The van der Waals surface area contributed by atoms with Crippen molar-refractivity contribution in [2.24, 2.45) is 0 Å². The Morgan fingerprint density at radius 3 is 2.73 bits per heavy atom. The van der Waals surface area contributed by atoms with Crippen LogP contribution in [0.2, 0.25) is 0 Å². The van der Waals surface area contributed by atoms with Crippen molar-refractivity contribution in [1.82, 2.24) is 29.1 Å².